The maximum absolute atomic E-state index is 13.8. The van der Waals surface area contributed by atoms with Crippen molar-refractivity contribution in [1.82, 2.24) is 10.2 Å². The van der Waals surface area contributed by atoms with Crippen molar-refractivity contribution in [2.75, 3.05) is 25.5 Å². The van der Waals surface area contributed by atoms with Crippen LogP contribution in [-0.2, 0) is 14.4 Å². The molecule has 7 nitrogen and oxygen atoms in total. The third-order valence-electron chi connectivity index (χ3n) is 7.37. The summed E-state index contributed by atoms with van der Waals surface area (Å²) in [4.78, 5) is 41.9. The van der Waals surface area contributed by atoms with Gasteiger partial charge in [-0.2, -0.15) is 0 Å². The second-order valence-corrected chi connectivity index (χ2v) is 11.3. The van der Waals surface area contributed by atoms with Crippen LogP contribution in [0, 0.1) is 18.8 Å². The molecule has 3 N–H and O–H groups in total. The largest absolute Gasteiger partial charge is 0.396 e. The number of benzene rings is 1. The number of fused-ring (bicyclic) bond motifs is 1. The van der Waals surface area contributed by atoms with Crippen LogP contribution in [0.4, 0.5) is 5.69 Å². The molecule has 4 rings (SSSR count). The quantitative estimate of drug-likeness (QED) is 0.459. The molecule has 3 aliphatic heterocycles. The number of carbonyl (C=O) groups excluding carboxylic acids is 3. The lowest BCUT2D eigenvalue weighted by Gasteiger charge is -2.34. The Morgan fingerprint density at radius 2 is 2.00 bits per heavy atom. The number of rotatable bonds is 9. The zero-order valence-electron chi connectivity index (χ0n) is 19.1. The fourth-order valence-electron chi connectivity index (χ4n) is 5.89. The molecule has 33 heavy (non-hydrogen) atoms. The van der Waals surface area contributed by atoms with Crippen LogP contribution in [0.2, 0.25) is 5.02 Å². The monoisotopic (exact) mass is 493 g/mol. The molecule has 3 saturated heterocycles. The first kappa shape index (κ1) is 24.4. The smallest absolute Gasteiger partial charge is 0.248 e. The number of anilines is 1. The average molecular weight is 494 g/mol. The molecule has 1 aromatic carbocycles. The molecule has 0 radical (unpaired) electrons. The number of aryl methyl sites for hydroxylation is 1. The first-order valence-electron chi connectivity index (χ1n) is 11.7. The number of thioether (sulfide) groups is 1. The van der Waals surface area contributed by atoms with Crippen molar-refractivity contribution >= 4 is 46.8 Å². The zero-order chi connectivity index (χ0) is 23.8. The summed E-state index contributed by atoms with van der Waals surface area (Å²) < 4.78 is -0.594. The minimum Gasteiger partial charge on any atom is -0.396 e. The molecular formula is C24H32ClN3O4S. The number of para-hydroxylation sites is 1. The lowest BCUT2D eigenvalue weighted by atomic mass is 9.70. The van der Waals surface area contributed by atoms with Crippen molar-refractivity contribution in [3.8, 4) is 0 Å². The van der Waals surface area contributed by atoms with E-state index in [-0.39, 0.29) is 29.6 Å². The molecule has 3 fully saturated rings. The number of aliphatic hydroxyl groups excluding tert-OH is 1. The van der Waals surface area contributed by atoms with Crippen molar-refractivity contribution in [3.05, 3.63) is 28.8 Å². The SMILES string of the molecule is CNC(=O)[C@@H]1[C@H]2C(=O)N(CCCCCCO)C(C(=O)Nc3c(C)cccc3Cl)C23CC[C@H]1S3. The molecule has 3 amide bonds. The number of hydrogen-bond acceptors (Lipinski definition) is 5. The van der Waals surface area contributed by atoms with Crippen LogP contribution in [0.25, 0.3) is 0 Å². The van der Waals surface area contributed by atoms with Crippen LogP contribution in [0.1, 0.15) is 44.1 Å². The first-order valence-corrected chi connectivity index (χ1v) is 13.0. The van der Waals surface area contributed by atoms with Gasteiger partial charge in [-0.05, 0) is 44.2 Å². The van der Waals surface area contributed by atoms with Crippen LogP contribution in [-0.4, -0.2) is 64.0 Å². The minimum atomic E-state index is -0.645. The lowest BCUT2D eigenvalue weighted by Crippen LogP contribution is -2.51. The van der Waals surface area contributed by atoms with Gasteiger partial charge in [-0.25, -0.2) is 0 Å². The molecule has 0 saturated carbocycles. The Morgan fingerprint density at radius 1 is 1.24 bits per heavy atom. The van der Waals surface area contributed by atoms with Gasteiger partial charge < -0.3 is 20.6 Å². The molecule has 0 aliphatic carbocycles. The van der Waals surface area contributed by atoms with Gasteiger partial charge in [-0.1, -0.05) is 36.6 Å². The number of halogens is 1. The van der Waals surface area contributed by atoms with E-state index in [9.17, 15) is 14.4 Å². The Morgan fingerprint density at radius 3 is 2.70 bits per heavy atom. The predicted molar refractivity (Wildman–Crippen MR) is 130 cm³/mol. The van der Waals surface area contributed by atoms with Crippen LogP contribution < -0.4 is 10.6 Å². The van der Waals surface area contributed by atoms with Gasteiger partial charge in [0.2, 0.25) is 17.7 Å². The van der Waals surface area contributed by atoms with Crippen molar-refractivity contribution in [1.29, 1.82) is 0 Å². The Kier molecular flexibility index (Phi) is 7.26. The molecule has 1 spiro atoms. The lowest BCUT2D eigenvalue weighted by molar-refractivity contribution is -0.139. The maximum Gasteiger partial charge on any atom is 0.248 e. The van der Waals surface area contributed by atoms with Crippen LogP contribution in [0.15, 0.2) is 18.2 Å². The van der Waals surface area contributed by atoms with Crippen molar-refractivity contribution in [3.63, 3.8) is 0 Å². The summed E-state index contributed by atoms with van der Waals surface area (Å²) in [6.45, 7) is 2.51. The molecule has 5 atom stereocenters. The van der Waals surface area contributed by atoms with Crippen molar-refractivity contribution in [2.45, 2.75) is 61.5 Å². The van der Waals surface area contributed by atoms with Gasteiger partial charge in [0.15, 0.2) is 0 Å². The molecule has 180 valence electrons. The maximum atomic E-state index is 13.8. The Hall–Kier alpha value is -1.77. The third-order valence-corrected chi connectivity index (χ3v) is 9.64. The van der Waals surface area contributed by atoms with E-state index in [1.54, 1.807) is 29.8 Å². The highest BCUT2D eigenvalue weighted by molar-refractivity contribution is 8.02. The summed E-state index contributed by atoms with van der Waals surface area (Å²) >= 11 is 8.04. The molecule has 1 aromatic rings. The summed E-state index contributed by atoms with van der Waals surface area (Å²) in [5.41, 5.74) is 1.43. The second-order valence-electron chi connectivity index (χ2n) is 9.26. The van der Waals surface area contributed by atoms with E-state index >= 15 is 0 Å². The number of hydrogen-bond donors (Lipinski definition) is 3. The standard InChI is InChI=1S/C24H32ClN3O4S/c1-14-8-7-9-15(25)19(14)27-22(31)20-24-11-10-16(33-24)17(21(30)26-2)18(24)23(32)28(20)12-5-3-4-6-13-29/h7-9,16-18,20,29H,3-6,10-13H2,1-2H3,(H,26,30)(H,27,31)/t16-,17+,18+,20?,24?/m1/s1. The second kappa shape index (κ2) is 9.84. The van der Waals surface area contributed by atoms with Crippen LogP contribution >= 0.6 is 23.4 Å². The van der Waals surface area contributed by atoms with E-state index in [4.69, 9.17) is 16.7 Å². The number of nitrogens with one attached hydrogen (secondary N) is 2. The molecule has 3 aliphatic rings. The fourth-order valence-corrected chi connectivity index (χ4v) is 8.38. The third kappa shape index (κ3) is 4.15. The summed E-state index contributed by atoms with van der Waals surface area (Å²) in [6, 6.07) is 4.82. The van der Waals surface area contributed by atoms with Crippen LogP contribution in [0.3, 0.4) is 0 Å². The van der Waals surface area contributed by atoms with E-state index in [1.807, 2.05) is 19.1 Å². The number of nitrogens with zero attached hydrogens (tertiary/aromatic N) is 1. The first-order chi connectivity index (χ1) is 15.9. The van der Waals surface area contributed by atoms with E-state index in [2.05, 4.69) is 10.6 Å². The van der Waals surface area contributed by atoms with E-state index in [1.165, 1.54) is 0 Å². The molecule has 2 unspecified atom stereocenters. The zero-order valence-corrected chi connectivity index (χ0v) is 20.7. The number of aliphatic hydroxyl groups is 1. The van der Waals surface area contributed by atoms with E-state index < -0.39 is 22.6 Å². The summed E-state index contributed by atoms with van der Waals surface area (Å²) in [5, 5.41) is 15.3. The molecule has 3 heterocycles. The number of likely N-dealkylation sites (tertiary alicyclic amines) is 1. The van der Waals surface area contributed by atoms with Crippen molar-refractivity contribution in [2.24, 2.45) is 11.8 Å². The van der Waals surface area contributed by atoms with Crippen molar-refractivity contribution < 1.29 is 19.5 Å². The highest BCUT2D eigenvalue weighted by Crippen LogP contribution is 2.66. The van der Waals surface area contributed by atoms with Gasteiger partial charge in [0.1, 0.15) is 6.04 Å². The average Bonchev–Trinajstić information content (AvgIpc) is 3.43. The summed E-state index contributed by atoms with van der Waals surface area (Å²) in [6.07, 6.45) is 4.79. The minimum absolute atomic E-state index is 0.0583. The summed E-state index contributed by atoms with van der Waals surface area (Å²) in [7, 11) is 1.61. The van der Waals surface area contributed by atoms with Crippen LogP contribution in [0.5, 0.6) is 0 Å². The Balaban J connectivity index is 1.64. The van der Waals surface area contributed by atoms with E-state index in [0.717, 1.165) is 44.1 Å². The molecular weight excluding hydrogens is 462 g/mol. The number of unbranched alkanes of at least 4 members (excludes halogenated alkanes) is 3. The predicted octanol–water partition coefficient (Wildman–Crippen LogP) is 2.98. The van der Waals surface area contributed by atoms with Gasteiger partial charge in [0.05, 0.1) is 27.3 Å². The van der Waals surface area contributed by atoms with Gasteiger partial charge in [0.25, 0.3) is 0 Å². The van der Waals surface area contributed by atoms with Gasteiger partial charge >= 0.3 is 0 Å². The van der Waals surface area contributed by atoms with E-state index in [0.29, 0.717) is 17.3 Å². The fraction of sp³-hybridized carbons (Fsp3) is 0.625. The number of carbonyl (C=O) groups is 3. The highest BCUT2D eigenvalue weighted by atomic mass is 35.5. The van der Waals surface area contributed by atoms with Gasteiger partial charge in [-0.15, -0.1) is 11.8 Å². The molecule has 0 aromatic heterocycles. The summed E-state index contributed by atoms with van der Waals surface area (Å²) in [5.74, 6) is -1.32. The molecule has 9 heteroatoms. The normalized spacial score (nSPS) is 29.9. The number of amides is 3. The molecule has 2 bridgehead atoms. The van der Waals surface area contributed by atoms with Gasteiger partial charge in [0, 0.05) is 25.4 Å². The Bertz CT molecular complexity index is 924. The highest BCUT2D eigenvalue weighted by Gasteiger charge is 2.73. The topological polar surface area (TPSA) is 98.7 Å². The van der Waals surface area contributed by atoms with Gasteiger partial charge in [-0.3, -0.25) is 14.4 Å². The Labute approximate surface area is 204 Å².